The van der Waals surface area contributed by atoms with Gasteiger partial charge in [0.15, 0.2) is 0 Å². The van der Waals surface area contributed by atoms with Gasteiger partial charge < -0.3 is 14.2 Å². The Morgan fingerprint density at radius 3 is 1.74 bits per heavy atom. The van der Waals surface area contributed by atoms with Crippen LogP contribution in [0.2, 0.25) is 0 Å². The Labute approximate surface area is 313 Å². The van der Waals surface area contributed by atoms with Gasteiger partial charge >= 0.3 is 0 Å². The molecule has 0 spiro atoms. The Morgan fingerprint density at radius 2 is 1.17 bits per heavy atom. The zero-order valence-corrected chi connectivity index (χ0v) is 34.4. The predicted molar refractivity (Wildman–Crippen MR) is 215 cm³/mol. The maximum atomic E-state index is 12.2. The summed E-state index contributed by atoms with van der Waals surface area (Å²) in [5.41, 5.74) is 0.992. The number of hydrogen-bond acceptors (Lipinski definition) is 13. The van der Waals surface area contributed by atoms with Crippen molar-refractivity contribution in [3.8, 4) is 0 Å². The van der Waals surface area contributed by atoms with E-state index in [9.17, 15) is 8.42 Å². The zero-order chi connectivity index (χ0) is 33.6. The van der Waals surface area contributed by atoms with E-state index in [1.54, 1.807) is 24.3 Å². The Bertz CT molecular complexity index is 1210. The highest BCUT2D eigenvalue weighted by Crippen LogP contribution is 2.63. The second-order valence-corrected chi connectivity index (χ2v) is 20.8. The van der Waals surface area contributed by atoms with E-state index in [0.29, 0.717) is 33.0 Å². The summed E-state index contributed by atoms with van der Waals surface area (Å²) in [5, 5.41) is 2.29. The summed E-state index contributed by atoms with van der Waals surface area (Å²) < 4.78 is 53.4. The minimum atomic E-state index is -3.76. The van der Waals surface area contributed by atoms with E-state index < -0.39 is 10.1 Å². The van der Waals surface area contributed by atoms with Crippen molar-refractivity contribution < 1.29 is 26.8 Å². The van der Waals surface area contributed by atoms with Crippen molar-refractivity contribution in [2.75, 3.05) is 63.5 Å². The van der Waals surface area contributed by atoms with E-state index in [0.717, 1.165) is 11.3 Å². The highest BCUT2D eigenvalue weighted by Gasteiger charge is 2.27. The standard InChI is InChI=1S/C33H50O6S8/c1-4-6-8-10-23-41-30-31(42-24-11-9-7-5-2)46-33(45-30)32-43-26-29(44-32)40-25-22-38-19-18-36-16-17-37-20-21-39-47(34,35)28-14-12-27(3)13-15-28/h12-15,26H,4-11,16-25H2,1-3H3. The van der Waals surface area contributed by atoms with Crippen LogP contribution in [0.1, 0.15) is 70.8 Å². The molecule has 0 unspecified atom stereocenters. The van der Waals surface area contributed by atoms with Gasteiger partial charge in [-0.25, -0.2) is 0 Å². The Morgan fingerprint density at radius 1 is 0.617 bits per heavy atom. The van der Waals surface area contributed by atoms with Gasteiger partial charge in [0.25, 0.3) is 10.1 Å². The molecule has 2 aliphatic rings. The Balaban J connectivity index is 1.21. The third-order valence-corrected chi connectivity index (χ3v) is 17.9. The average molecular weight is 799 g/mol. The molecule has 47 heavy (non-hydrogen) atoms. The topological polar surface area (TPSA) is 71.1 Å². The van der Waals surface area contributed by atoms with Crippen LogP contribution in [0.15, 0.2) is 55.8 Å². The highest BCUT2D eigenvalue weighted by molar-refractivity contribution is 8.43. The first-order chi connectivity index (χ1) is 22.9. The predicted octanol–water partition coefficient (Wildman–Crippen LogP) is 11.1. The van der Waals surface area contributed by atoms with Gasteiger partial charge in [-0.15, -0.1) is 35.3 Å². The molecule has 6 nitrogen and oxygen atoms in total. The number of aryl methyl sites for hydroxylation is 1. The van der Waals surface area contributed by atoms with Crippen molar-refractivity contribution >= 4 is 92.5 Å². The molecule has 1 aromatic carbocycles. The quantitative estimate of drug-likeness (QED) is 0.0627. The Hall–Kier alpha value is 0.680. The van der Waals surface area contributed by atoms with E-state index in [1.165, 1.54) is 84.1 Å². The van der Waals surface area contributed by atoms with Crippen molar-refractivity contribution in [2.24, 2.45) is 0 Å². The van der Waals surface area contributed by atoms with Gasteiger partial charge in [-0.1, -0.05) is 117 Å². The zero-order valence-electron chi connectivity index (χ0n) is 27.8. The van der Waals surface area contributed by atoms with Crippen molar-refractivity contribution in [1.82, 2.24) is 0 Å². The fourth-order valence-corrected chi connectivity index (χ4v) is 14.8. The van der Waals surface area contributed by atoms with Gasteiger partial charge in [0.2, 0.25) is 0 Å². The monoisotopic (exact) mass is 798 g/mol. The molecule has 0 fully saturated rings. The molecule has 3 rings (SSSR count). The normalized spacial score (nSPS) is 15.3. The second-order valence-electron chi connectivity index (χ2n) is 10.6. The summed E-state index contributed by atoms with van der Waals surface area (Å²) in [7, 11) is -3.76. The molecule has 1 aromatic rings. The van der Waals surface area contributed by atoms with Crippen LogP contribution in [0, 0.1) is 6.92 Å². The molecule has 266 valence electrons. The minimum absolute atomic E-state index is 0.0318. The maximum Gasteiger partial charge on any atom is 0.297 e. The van der Waals surface area contributed by atoms with Crippen LogP contribution in [-0.2, 0) is 28.5 Å². The number of thioether (sulfide) groups is 7. The fraction of sp³-hybridized carbons (Fsp3) is 0.636. The van der Waals surface area contributed by atoms with Crippen LogP contribution in [0.25, 0.3) is 0 Å². The molecule has 0 aromatic heterocycles. The van der Waals surface area contributed by atoms with E-state index in [2.05, 4.69) is 42.8 Å². The molecule has 2 aliphatic heterocycles. The van der Waals surface area contributed by atoms with E-state index in [-0.39, 0.29) is 18.1 Å². The van der Waals surface area contributed by atoms with E-state index in [4.69, 9.17) is 18.4 Å². The molecule has 0 bridgehead atoms. The highest BCUT2D eigenvalue weighted by atomic mass is 32.3. The molecule has 2 heterocycles. The third kappa shape index (κ3) is 17.6. The lowest BCUT2D eigenvalue weighted by Gasteiger charge is -2.08. The second kappa shape index (κ2) is 25.6. The summed E-state index contributed by atoms with van der Waals surface area (Å²) in [6.45, 7) is 9.10. The van der Waals surface area contributed by atoms with Crippen LogP contribution in [0.4, 0.5) is 0 Å². The molecular formula is C33H50O6S8. The number of unbranched alkanes of at least 4 members (excludes halogenated alkanes) is 6. The van der Waals surface area contributed by atoms with Gasteiger partial charge in [-0.05, 0) is 48.8 Å². The van der Waals surface area contributed by atoms with E-state index in [1.807, 2.05) is 65.7 Å². The number of benzene rings is 1. The average Bonchev–Trinajstić information content (AvgIpc) is 3.70. The smallest absolute Gasteiger partial charge is 0.297 e. The number of rotatable bonds is 27. The molecule has 0 aliphatic carbocycles. The number of hydrogen-bond donors (Lipinski definition) is 0. The first-order valence-corrected chi connectivity index (χ1v) is 24.1. The summed E-state index contributed by atoms with van der Waals surface area (Å²) in [6.07, 6.45) is 10.6. The van der Waals surface area contributed by atoms with Crippen LogP contribution in [-0.4, -0.2) is 71.9 Å². The molecule has 0 N–H and O–H groups in total. The molecule has 14 heteroatoms. The number of ether oxygens (including phenoxy) is 3. The van der Waals surface area contributed by atoms with Crippen molar-refractivity contribution in [1.29, 1.82) is 0 Å². The summed E-state index contributed by atoms with van der Waals surface area (Å²) in [4.78, 5) is 0.150. The van der Waals surface area contributed by atoms with E-state index >= 15 is 0 Å². The Kier molecular flexibility index (Phi) is 22.9. The van der Waals surface area contributed by atoms with Crippen LogP contribution < -0.4 is 0 Å². The van der Waals surface area contributed by atoms with Crippen LogP contribution in [0.5, 0.6) is 0 Å². The maximum absolute atomic E-state index is 12.2. The molecular weight excluding hydrogens is 749 g/mol. The lowest BCUT2D eigenvalue weighted by molar-refractivity contribution is 0.0121. The molecule has 0 amide bonds. The van der Waals surface area contributed by atoms with Gasteiger partial charge in [-0.3, -0.25) is 4.18 Å². The van der Waals surface area contributed by atoms with Gasteiger partial charge in [-0.2, -0.15) is 8.42 Å². The van der Waals surface area contributed by atoms with Crippen LogP contribution in [0.3, 0.4) is 0 Å². The summed E-state index contributed by atoms with van der Waals surface area (Å²) >= 11 is 13.8. The van der Waals surface area contributed by atoms with Crippen molar-refractivity contribution in [3.05, 3.63) is 56.4 Å². The van der Waals surface area contributed by atoms with Gasteiger partial charge in [0.05, 0.1) is 72.3 Å². The fourth-order valence-electron chi connectivity index (χ4n) is 4.03. The lowest BCUT2D eigenvalue weighted by Crippen LogP contribution is -2.14. The lowest BCUT2D eigenvalue weighted by atomic mass is 10.2. The largest absolute Gasteiger partial charge is 0.378 e. The minimum Gasteiger partial charge on any atom is -0.378 e. The van der Waals surface area contributed by atoms with Gasteiger partial charge in [0, 0.05) is 5.75 Å². The van der Waals surface area contributed by atoms with Crippen molar-refractivity contribution in [3.63, 3.8) is 0 Å². The SMILES string of the molecule is CCCCCCSC1=C(SCCCCCC)SC(=C2SC=C(SCCOCCOCCOCCOS(=O)(=O)c3ccc(C)cc3)S2)S1. The summed E-state index contributed by atoms with van der Waals surface area (Å²) in [5.74, 6) is 3.36. The third-order valence-electron chi connectivity index (χ3n) is 6.61. The molecule has 0 atom stereocenters. The molecule has 0 saturated heterocycles. The molecule has 0 saturated carbocycles. The molecule has 0 radical (unpaired) electrons. The van der Waals surface area contributed by atoms with Crippen LogP contribution >= 0.6 is 82.3 Å². The first kappa shape index (κ1) is 42.1. The summed E-state index contributed by atoms with van der Waals surface area (Å²) in [6, 6.07) is 6.57. The van der Waals surface area contributed by atoms with Gasteiger partial charge in [0.1, 0.15) is 0 Å². The first-order valence-electron chi connectivity index (χ1n) is 16.4. The van der Waals surface area contributed by atoms with Crippen molar-refractivity contribution in [2.45, 2.75) is 77.0 Å².